The maximum absolute atomic E-state index is 3.31. The van der Waals surface area contributed by atoms with Gasteiger partial charge < -0.3 is 0 Å². The molecule has 9 rings (SSSR count). The summed E-state index contributed by atoms with van der Waals surface area (Å²) in [5.74, 6) is 1.40. The van der Waals surface area contributed by atoms with Crippen molar-refractivity contribution in [1.82, 2.24) is 0 Å². The summed E-state index contributed by atoms with van der Waals surface area (Å²) in [6.45, 7) is 13.6. The summed E-state index contributed by atoms with van der Waals surface area (Å²) in [6.07, 6.45) is 6.98. The van der Waals surface area contributed by atoms with E-state index in [4.69, 9.17) is 0 Å². The molecule has 0 saturated carbocycles. The molecule has 2 heteroatoms. The summed E-state index contributed by atoms with van der Waals surface area (Å²) in [5.41, 5.74) is 14.2. The number of aryl methyl sites for hydroxylation is 2. The standard InChI is InChI=1S/2C22H25.C12H7Si.Hf/c2*1-4-8-18-9-5-6-11-20(18)21-12-7-10-19-14-17(13-16(2)3)15-22(19)21;1-3-7-11-9(5-1)10-6-2-4-8-12(10)13-11;/h2*5-7,9-12,14-16H,4,8,13H2,1-3H3;1-7H;/q3*-1;. The third-order valence-electron chi connectivity index (χ3n) is 10.9. The maximum Gasteiger partial charge on any atom is 0.0920 e. The number of hydrogen-bond donors (Lipinski definition) is 0. The van der Waals surface area contributed by atoms with Gasteiger partial charge in [0.2, 0.25) is 0 Å². The van der Waals surface area contributed by atoms with E-state index in [0.717, 1.165) is 35.2 Å². The Balaban J connectivity index is 0.000000150. The fourth-order valence-corrected chi connectivity index (χ4v) is 9.82. The van der Waals surface area contributed by atoms with Gasteiger partial charge in [-0.1, -0.05) is 161 Å². The van der Waals surface area contributed by atoms with E-state index < -0.39 is 0 Å². The van der Waals surface area contributed by atoms with Crippen LogP contribution in [0.25, 0.3) is 54.9 Å². The maximum atomic E-state index is 3.31. The van der Waals surface area contributed by atoms with Crippen molar-refractivity contribution in [2.45, 2.75) is 80.1 Å². The first-order valence-corrected chi connectivity index (χ1v) is 22.2. The molecule has 1 aliphatic rings. The van der Waals surface area contributed by atoms with E-state index in [0.29, 0.717) is 11.8 Å². The fourth-order valence-electron chi connectivity index (χ4n) is 8.51. The van der Waals surface area contributed by atoms with Crippen molar-refractivity contribution < 1.29 is 25.8 Å². The molecule has 0 N–H and O–H groups in total. The van der Waals surface area contributed by atoms with Crippen LogP contribution in [0.1, 0.15) is 76.6 Å². The van der Waals surface area contributed by atoms with Crippen molar-refractivity contribution in [2.75, 3.05) is 0 Å². The van der Waals surface area contributed by atoms with Crippen LogP contribution < -0.4 is 10.4 Å². The summed E-state index contributed by atoms with van der Waals surface area (Å²) < 4.78 is 0. The molecule has 0 saturated heterocycles. The molecule has 0 spiro atoms. The molecule has 0 atom stereocenters. The zero-order valence-electron chi connectivity index (χ0n) is 35.3. The Morgan fingerprint density at radius 1 is 0.500 bits per heavy atom. The summed E-state index contributed by atoms with van der Waals surface area (Å²) in [5, 5.41) is 8.38. The molecule has 1 aliphatic heterocycles. The molecule has 0 aliphatic carbocycles. The molecule has 0 aromatic heterocycles. The van der Waals surface area contributed by atoms with Crippen LogP contribution in [0.2, 0.25) is 0 Å². The van der Waals surface area contributed by atoms with Gasteiger partial charge in [-0.3, -0.25) is 0 Å². The second-order valence-corrected chi connectivity index (χ2v) is 17.8. The Hall–Kier alpha value is -4.37. The summed E-state index contributed by atoms with van der Waals surface area (Å²) >= 11 is 0. The minimum absolute atomic E-state index is 0. The summed E-state index contributed by atoms with van der Waals surface area (Å²) in [6, 6.07) is 58.8. The van der Waals surface area contributed by atoms with Crippen LogP contribution >= 0.6 is 0 Å². The van der Waals surface area contributed by atoms with Gasteiger partial charge in [-0.15, -0.1) is 74.6 Å². The largest absolute Gasteiger partial charge is 0.184 e. The smallest absolute Gasteiger partial charge is 0.0920 e. The van der Waals surface area contributed by atoms with Gasteiger partial charge in [0, 0.05) is 25.8 Å². The van der Waals surface area contributed by atoms with E-state index in [1.165, 1.54) is 100 Å². The predicted octanol–water partition coefficient (Wildman–Crippen LogP) is 13.9. The van der Waals surface area contributed by atoms with E-state index in [1.807, 2.05) is 6.07 Å². The first-order chi connectivity index (χ1) is 27.8. The molecule has 0 nitrogen and oxygen atoms in total. The Labute approximate surface area is 370 Å². The van der Waals surface area contributed by atoms with E-state index >= 15 is 0 Å². The van der Waals surface area contributed by atoms with Crippen molar-refractivity contribution >= 4 is 41.4 Å². The van der Waals surface area contributed by atoms with Gasteiger partial charge in [0.15, 0.2) is 0 Å². The molecular weight excluding hydrogens is 879 g/mol. The van der Waals surface area contributed by atoms with Gasteiger partial charge in [-0.25, -0.2) is 0 Å². The Kier molecular flexibility index (Phi) is 15.3. The van der Waals surface area contributed by atoms with Gasteiger partial charge >= 0.3 is 0 Å². The summed E-state index contributed by atoms with van der Waals surface area (Å²) in [7, 11) is 0.795. The SMILES string of the molecule is CCCc1ccccc1-c1cccc2[cH-]c(CC(C)C)cc12.CCCc1ccccc1-c1cccc2[cH-]c(CC(C)C)cc12.[Hf].[c-]1cccc2c1[Si]c1ccccc1-2. The van der Waals surface area contributed by atoms with Crippen molar-refractivity contribution in [3.63, 3.8) is 0 Å². The van der Waals surface area contributed by atoms with E-state index in [1.54, 1.807) is 0 Å². The van der Waals surface area contributed by atoms with E-state index in [-0.39, 0.29) is 25.8 Å². The summed E-state index contributed by atoms with van der Waals surface area (Å²) in [4.78, 5) is 0. The molecule has 58 heavy (non-hydrogen) atoms. The van der Waals surface area contributed by atoms with Gasteiger partial charge in [0.05, 0.1) is 9.52 Å². The van der Waals surface area contributed by atoms with Gasteiger partial charge in [0.1, 0.15) is 0 Å². The van der Waals surface area contributed by atoms with Crippen LogP contribution in [0, 0.1) is 17.9 Å². The molecule has 0 unspecified atom stereocenters. The average Bonchev–Trinajstić information content (AvgIpc) is 3.93. The number of hydrogen-bond acceptors (Lipinski definition) is 0. The molecule has 292 valence electrons. The fraction of sp³-hybridized carbons (Fsp3) is 0.250. The first kappa shape index (κ1) is 43.2. The minimum atomic E-state index is 0. The number of fused-ring (bicyclic) bond motifs is 5. The second kappa shape index (κ2) is 20.5. The minimum Gasteiger partial charge on any atom is -0.184 e. The molecule has 0 fully saturated rings. The van der Waals surface area contributed by atoms with Crippen LogP contribution in [0.4, 0.5) is 0 Å². The van der Waals surface area contributed by atoms with Crippen LogP contribution in [0.15, 0.2) is 152 Å². The van der Waals surface area contributed by atoms with E-state index in [9.17, 15) is 0 Å². The monoisotopic (exact) mass is 937 g/mol. The molecule has 8 aromatic rings. The quantitative estimate of drug-likeness (QED) is 0.0947. The third kappa shape index (κ3) is 10.2. The van der Waals surface area contributed by atoms with Crippen molar-refractivity contribution in [2.24, 2.45) is 11.8 Å². The van der Waals surface area contributed by atoms with Gasteiger partial charge in [-0.05, 0) is 59.8 Å². The first-order valence-electron chi connectivity index (χ1n) is 21.2. The molecule has 0 amide bonds. The average molecular weight is 937 g/mol. The Morgan fingerprint density at radius 3 is 1.45 bits per heavy atom. The van der Waals surface area contributed by atoms with Crippen LogP contribution in [0.3, 0.4) is 0 Å². The van der Waals surface area contributed by atoms with Crippen molar-refractivity contribution in [3.05, 3.63) is 180 Å². The second-order valence-electron chi connectivity index (χ2n) is 16.5. The molecule has 2 radical (unpaired) electrons. The third-order valence-corrected chi connectivity index (χ3v) is 12.3. The number of benzene rings is 6. The van der Waals surface area contributed by atoms with Gasteiger partial charge in [-0.2, -0.15) is 41.6 Å². The van der Waals surface area contributed by atoms with Crippen LogP contribution in [-0.2, 0) is 51.5 Å². The topological polar surface area (TPSA) is 0 Å². The number of rotatable bonds is 10. The molecule has 8 aromatic carbocycles. The Bertz CT molecular complexity index is 2370. The van der Waals surface area contributed by atoms with Gasteiger partial charge in [0.25, 0.3) is 0 Å². The molecular formula is C56H57HfSi-3. The van der Waals surface area contributed by atoms with Crippen LogP contribution in [-0.4, -0.2) is 9.52 Å². The van der Waals surface area contributed by atoms with E-state index in [2.05, 4.69) is 193 Å². The molecule has 0 bridgehead atoms. The predicted molar refractivity (Wildman–Crippen MR) is 251 cm³/mol. The normalized spacial score (nSPS) is 11.4. The van der Waals surface area contributed by atoms with Crippen LogP contribution in [0.5, 0.6) is 0 Å². The molecule has 1 heterocycles. The zero-order chi connectivity index (χ0) is 39.7. The van der Waals surface area contributed by atoms with Crippen molar-refractivity contribution in [1.29, 1.82) is 0 Å². The van der Waals surface area contributed by atoms with Crippen molar-refractivity contribution in [3.8, 4) is 33.4 Å². The zero-order valence-corrected chi connectivity index (χ0v) is 39.9. The Morgan fingerprint density at radius 2 is 0.948 bits per heavy atom.